The Bertz CT molecular complexity index is 419. The number of fused-ring (bicyclic) bond motifs is 1. The molecule has 4 heteroatoms. The molecule has 1 heterocycles. The predicted molar refractivity (Wildman–Crippen MR) is 55.1 cm³/mol. The fourth-order valence-corrected chi connectivity index (χ4v) is 2.26. The Morgan fingerprint density at radius 3 is 2.85 bits per heavy atom. The Labute approximate surface area is 84.2 Å². The van der Waals surface area contributed by atoms with Gasteiger partial charge in [-0.15, -0.1) is 11.3 Å². The molecule has 0 aliphatic rings. The van der Waals surface area contributed by atoms with Gasteiger partial charge in [0.2, 0.25) is 0 Å². The van der Waals surface area contributed by atoms with E-state index >= 15 is 0 Å². The summed E-state index contributed by atoms with van der Waals surface area (Å²) in [5, 5.41) is 1.07. The van der Waals surface area contributed by atoms with Gasteiger partial charge in [-0.2, -0.15) is 0 Å². The van der Waals surface area contributed by atoms with Crippen LogP contribution in [0.25, 0.3) is 10.1 Å². The third kappa shape index (κ3) is 1.53. The van der Waals surface area contributed by atoms with Crippen molar-refractivity contribution < 1.29 is 4.79 Å². The molecule has 1 aromatic carbocycles. The van der Waals surface area contributed by atoms with Crippen LogP contribution < -0.4 is 4.84 Å². The smallest absolute Gasteiger partial charge is 0.267 e. The van der Waals surface area contributed by atoms with E-state index < -0.39 is 0 Å². The molecule has 0 radical (unpaired) electrons. The SMILES string of the molecule is O=C(NCl)c1cc2ccccc2s1. The number of hydrogen-bond donors (Lipinski definition) is 1. The second-order valence-electron chi connectivity index (χ2n) is 2.57. The molecule has 0 bridgehead atoms. The number of rotatable bonds is 1. The van der Waals surface area contributed by atoms with Crippen molar-refractivity contribution >= 4 is 39.1 Å². The number of nitrogens with one attached hydrogen (secondary N) is 1. The van der Waals surface area contributed by atoms with E-state index in [4.69, 9.17) is 11.8 Å². The Hall–Kier alpha value is -1.06. The van der Waals surface area contributed by atoms with Crippen LogP contribution in [0.3, 0.4) is 0 Å². The number of carbonyl (C=O) groups is 1. The zero-order valence-corrected chi connectivity index (χ0v) is 8.15. The van der Waals surface area contributed by atoms with Gasteiger partial charge in [-0.25, -0.2) is 0 Å². The van der Waals surface area contributed by atoms with Crippen LogP contribution in [0.15, 0.2) is 30.3 Å². The van der Waals surface area contributed by atoms with Crippen molar-refractivity contribution in [1.82, 2.24) is 4.84 Å². The molecule has 1 amide bonds. The van der Waals surface area contributed by atoms with Gasteiger partial charge in [-0.05, 0) is 17.5 Å². The van der Waals surface area contributed by atoms with E-state index in [0.717, 1.165) is 10.1 Å². The lowest BCUT2D eigenvalue weighted by atomic mass is 10.2. The van der Waals surface area contributed by atoms with Crippen LogP contribution in [-0.2, 0) is 0 Å². The molecule has 1 N–H and O–H groups in total. The molecular formula is C9H6ClNOS. The van der Waals surface area contributed by atoms with Crippen molar-refractivity contribution in [3.8, 4) is 0 Å². The first-order valence-electron chi connectivity index (χ1n) is 3.71. The van der Waals surface area contributed by atoms with Gasteiger partial charge < -0.3 is 0 Å². The molecule has 0 aliphatic heterocycles. The van der Waals surface area contributed by atoms with Gasteiger partial charge in [-0.3, -0.25) is 9.63 Å². The summed E-state index contributed by atoms with van der Waals surface area (Å²) in [6, 6.07) is 9.66. The molecule has 66 valence electrons. The molecule has 1 aromatic heterocycles. The highest BCUT2D eigenvalue weighted by Gasteiger charge is 2.07. The van der Waals surface area contributed by atoms with E-state index in [0.29, 0.717) is 4.88 Å². The van der Waals surface area contributed by atoms with Crippen LogP contribution in [0.4, 0.5) is 0 Å². The molecular weight excluding hydrogens is 206 g/mol. The molecule has 2 nitrogen and oxygen atoms in total. The van der Waals surface area contributed by atoms with E-state index in [1.54, 1.807) is 0 Å². The van der Waals surface area contributed by atoms with Gasteiger partial charge in [0, 0.05) is 16.5 Å². The third-order valence-electron chi connectivity index (χ3n) is 1.74. The summed E-state index contributed by atoms with van der Waals surface area (Å²) in [6.45, 7) is 0. The van der Waals surface area contributed by atoms with Gasteiger partial charge in [0.1, 0.15) is 0 Å². The van der Waals surface area contributed by atoms with Gasteiger partial charge in [0.15, 0.2) is 0 Å². The number of carbonyl (C=O) groups excluding carboxylic acids is 1. The largest absolute Gasteiger partial charge is 0.275 e. The van der Waals surface area contributed by atoms with Crippen molar-refractivity contribution in [3.63, 3.8) is 0 Å². The Morgan fingerprint density at radius 1 is 1.38 bits per heavy atom. The Balaban J connectivity index is 2.56. The molecule has 2 rings (SSSR count). The first-order chi connectivity index (χ1) is 6.31. The zero-order valence-electron chi connectivity index (χ0n) is 6.58. The maximum Gasteiger partial charge on any atom is 0.275 e. The normalized spacial score (nSPS) is 10.2. The average Bonchev–Trinajstić information content (AvgIpc) is 2.59. The van der Waals surface area contributed by atoms with Gasteiger partial charge in [0.05, 0.1) is 4.88 Å². The summed E-state index contributed by atoms with van der Waals surface area (Å²) in [4.78, 5) is 13.9. The Morgan fingerprint density at radius 2 is 2.15 bits per heavy atom. The fourth-order valence-electron chi connectivity index (χ4n) is 1.14. The highest BCUT2D eigenvalue weighted by atomic mass is 35.5. The van der Waals surface area contributed by atoms with Crippen LogP contribution in [0, 0.1) is 0 Å². The maximum absolute atomic E-state index is 11.2. The van der Waals surface area contributed by atoms with E-state index in [9.17, 15) is 4.79 Å². The fraction of sp³-hybridized carbons (Fsp3) is 0. The third-order valence-corrected chi connectivity index (χ3v) is 3.02. The topological polar surface area (TPSA) is 29.1 Å². The van der Waals surface area contributed by atoms with Crippen molar-refractivity contribution in [1.29, 1.82) is 0 Å². The number of hydrogen-bond acceptors (Lipinski definition) is 2. The van der Waals surface area contributed by atoms with Crippen molar-refractivity contribution in [2.75, 3.05) is 0 Å². The lowest BCUT2D eigenvalue weighted by Gasteiger charge is -1.88. The number of benzene rings is 1. The highest BCUT2D eigenvalue weighted by Crippen LogP contribution is 2.24. The summed E-state index contributed by atoms with van der Waals surface area (Å²) in [6.07, 6.45) is 0. The van der Waals surface area contributed by atoms with Crippen LogP contribution in [0.1, 0.15) is 9.67 Å². The Kier molecular flexibility index (Phi) is 2.20. The van der Waals surface area contributed by atoms with Crippen LogP contribution in [-0.4, -0.2) is 5.91 Å². The number of thiophene rings is 1. The van der Waals surface area contributed by atoms with Gasteiger partial charge in [-0.1, -0.05) is 18.2 Å². The summed E-state index contributed by atoms with van der Waals surface area (Å²) >= 11 is 6.65. The van der Waals surface area contributed by atoms with Crippen LogP contribution in [0.2, 0.25) is 0 Å². The van der Waals surface area contributed by atoms with Gasteiger partial charge >= 0.3 is 0 Å². The van der Waals surface area contributed by atoms with E-state index in [-0.39, 0.29) is 5.91 Å². The van der Waals surface area contributed by atoms with E-state index in [1.807, 2.05) is 30.3 Å². The van der Waals surface area contributed by atoms with Crippen molar-refractivity contribution in [3.05, 3.63) is 35.2 Å². The molecule has 0 fully saturated rings. The highest BCUT2D eigenvalue weighted by molar-refractivity contribution is 7.20. The first-order valence-corrected chi connectivity index (χ1v) is 4.90. The lowest BCUT2D eigenvalue weighted by Crippen LogP contribution is -2.09. The molecule has 0 spiro atoms. The summed E-state index contributed by atoms with van der Waals surface area (Å²) in [5.41, 5.74) is 0. The van der Waals surface area contributed by atoms with Crippen molar-refractivity contribution in [2.24, 2.45) is 0 Å². The second kappa shape index (κ2) is 3.36. The summed E-state index contributed by atoms with van der Waals surface area (Å²) in [7, 11) is 0. The summed E-state index contributed by atoms with van der Waals surface area (Å²) < 4.78 is 1.10. The molecule has 0 unspecified atom stereocenters. The monoisotopic (exact) mass is 211 g/mol. The molecule has 0 atom stereocenters. The van der Waals surface area contributed by atoms with Crippen LogP contribution in [0.5, 0.6) is 0 Å². The van der Waals surface area contributed by atoms with Crippen molar-refractivity contribution in [2.45, 2.75) is 0 Å². The predicted octanol–water partition coefficient (Wildman–Crippen LogP) is 2.78. The number of halogens is 1. The maximum atomic E-state index is 11.2. The van der Waals surface area contributed by atoms with Gasteiger partial charge in [0.25, 0.3) is 5.91 Å². The van der Waals surface area contributed by atoms with E-state index in [1.165, 1.54) is 11.3 Å². The summed E-state index contributed by atoms with van der Waals surface area (Å²) in [5.74, 6) is -0.247. The standard InChI is InChI=1S/C9H6ClNOS/c10-11-9(12)8-5-6-3-1-2-4-7(6)13-8/h1-5H,(H,11,12). The molecule has 13 heavy (non-hydrogen) atoms. The molecule has 0 aliphatic carbocycles. The first kappa shape index (κ1) is 8.53. The van der Waals surface area contributed by atoms with Crippen LogP contribution >= 0.6 is 23.1 Å². The quantitative estimate of drug-likeness (QED) is 0.723. The molecule has 0 saturated heterocycles. The minimum Gasteiger partial charge on any atom is -0.267 e. The molecule has 2 aromatic rings. The lowest BCUT2D eigenvalue weighted by molar-refractivity contribution is 0.0986. The zero-order chi connectivity index (χ0) is 9.26. The minimum atomic E-state index is -0.247. The number of amides is 1. The average molecular weight is 212 g/mol. The molecule has 0 saturated carbocycles. The van der Waals surface area contributed by atoms with E-state index in [2.05, 4.69) is 4.84 Å². The second-order valence-corrected chi connectivity index (χ2v) is 3.84. The minimum absolute atomic E-state index is 0.247.